The molecule has 0 saturated heterocycles. The number of rotatable bonds is 2. The van der Waals surface area contributed by atoms with E-state index >= 15 is 0 Å². The number of benzene rings is 2. The second-order valence-corrected chi connectivity index (χ2v) is 4.13. The molecule has 1 nitrogen and oxygen atoms in total. The van der Waals surface area contributed by atoms with Gasteiger partial charge in [-0.3, -0.25) is 0 Å². The third-order valence-corrected chi connectivity index (χ3v) is 2.99. The van der Waals surface area contributed by atoms with Gasteiger partial charge >= 0.3 is 6.61 Å². The largest absolute Gasteiger partial charge is 0.434 e. The lowest BCUT2D eigenvalue weighted by molar-refractivity contribution is -0.0487. The highest BCUT2D eigenvalue weighted by molar-refractivity contribution is 14.1. The van der Waals surface area contributed by atoms with E-state index < -0.39 is 6.61 Å². The fourth-order valence-corrected chi connectivity index (χ4v) is 2.08. The van der Waals surface area contributed by atoms with Crippen LogP contribution in [0.4, 0.5) is 8.78 Å². The van der Waals surface area contributed by atoms with Gasteiger partial charge in [-0.25, -0.2) is 0 Å². The molecule has 0 heterocycles. The molecule has 0 atom stereocenters. The predicted molar refractivity (Wildman–Crippen MR) is 63.3 cm³/mol. The molecule has 0 spiro atoms. The molecule has 0 bridgehead atoms. The monoisotopic (exact) mass is 320 g/mol. The Morgan fingerprint density at radius 3 is 2.33 bits per heavy atom. The number of alkyl halides is 2. The van der Waals surface area contributed by atoms with E-state index in [2.05, 4.69) is 27.3 Å². The Labute approximate surface area is 99.2 Å². The van der Waals surface area contributed by atoms with Gasteiger partial charge in [-0.05, 0) is 40.1 Å². The Kier molecular flexibility index (Phi) is 3.04. The van der Waals surface area contributed by atoms with Crippen molar-refractivity contribution in [1.29, 1.82) is 0 Å². The van der Waals surface area contributed by atoms with Gasteiger partial charge in [0.1, 0.15) is 5.75 Å². The summed E-state index contributed by atoms with van der Waals surface area (Å²) in [5.74, 6) is 0.223. The summed E-state index contributed by atoms with van der Waals surface area (Å²) in [4.78, 5) is 0. The SMILES string of the molecule is FC(F)Oc1ccc(I)c2ccccc12. The first-order valence-corrected chi connectivity index (χ1v) is 5.38. The molecule has 0 unspecified atom stereocenters. The van der Waals surface area contributed by atoms with Crippen molar-refractivity contribution in [1.82, 2.24) is 0 Å². The Balaban J connectivity index is 2.61. The molecule has 0 saturated carbocycles. The average molecular weight is 320 g/mol. The lowest BCUT2D eigenvalue weighted by Crippen LogP contribution is -2.02. The molecule has 4 heteroatoms. The first-order chi connectivity index (χ1) is 7.18. The van der Waals surface area contributed by atoms with Crippen LogP contribution in [0, 0.1) is 3.57 Å². The van der Waals surface area contributed by atoms with Gasteiger partial charge in [0.2, 0.25) is 0 Å². The zero-order valence-electron chi connectivity index (χ0n) is 7.58. The lowest BCUT2D eigenvalue weighted by Gasteiger charge is -2.08. The van der Waals surface area contributed by atoms with E-state index in [0.29, 0.717) is 5.39 Å². The molecule has 78 valence electrons. The van der Waals surface area contributed by atoms with Crippen LogP contribution < -0.4 is 4.74 Å². The molecule has 0 amide bonds. The summed E-state index contributed by atoms with van der Waals surface area (Å²) >= 11 is 2.17. The van der Waals surface area contributed by atoms with E-state index in [1.165, 1.54) is 0 Å². The maximum absolute atomic E-state index is 12.1. The average Bonchev–Trinajstić information content (AvgIpc) is 2.22. The number of halogens is 3. The van der Waals surface area contributed by atoms with E-state index in [4.69, 9.17) is 0 Å². The van der Waals surface area contributed by atoms with Crippen LogP contribution in [0.25, 0.3) is 10.8 Å². The van der Waals surface area contributed by atoms with Gasteiger partial charge in [-0.1, -0.05) is 24.3 Å². The third-order valence-electron chi connectivity index (χ3n) is 2.05. The minimum Gasteiger partial charge on any atom is -0.434 e. The maximum atomic E-state index is 12.1. The normalized spacial score (nSPS) is 10.9. The molecular weight excluding hydrogens is 313 g/mol. The lowest BCUT2D eigenvalue weighted by atomic mass is 10.1. The Morgan fingerprint density at radius 1 is 1.00 bits per heavy atom. The Bertz CT molecular complexity index is 485. The summed E-state index contributed by atoms with van der Waals surface area (Å²) < 4.78 is 29.7. The second kappa shape index (κ2) is 4.30. The van der Waals surface area contributed by atoms with E-state index in [9.17, 15) is 8.78 Å². The molecule has 0 aliphatic carbocycles. The molecule has 2 aromatic rings. The molecule has 2 rings (SSSR count). The Hall–Kier alpha value is -0.910. The van der Waals surface area contributed by atoms with Gasteiger partial charge < -0.3 is 4.74 Å². The first kappa shape index (κ1) is 10.6. The fraction of sp³-hybridized carbons (Fsp3) is 0.0909. The summed E-state index contributed by atoms with van der Waals surface area (Å²) in [5.41, 5.74) is 0. The smallest absolute Gasteiger partial charge is 0.387 e. The molecule has 15 heavy (non-hydrogen) atoms. The number of hydrogen-bond donors (Lipinski definition) is 0. The third kappa shape index (κ3) is 2.19. The molecular formula is C11H7F2IO. The van der Waals surface area contributed by atoms with Crippen LogP contribution in [-0.2, 0) is 0 Å². The van der Waals surface area contributed by atoms with Crippen molar-refractivity contribution in [2.45, 2.75) is 6.61 Å². The van der Waals surface area contributed by atoms with Crippen LogP contribution in [0.5, 0.6) is 5.75 Å². The van der Waals surface area contributed by atoms with Gasteiger partial charge in [0, 0.05) is 8.96 Å². The highest BCUT2D eigenvalue weighted by Crippen LogP contribution is 2.30. The van der Waals surface area contributed by atoms with Crippen molar-refractivity contribution in [3.63, 3.8) is 0 Å². The van der Waals surface area contributed by atoms with Gasteiger partial charge in [-0.15, -0.1) is 0 Å². The summed E-state index contributed by atoms with van der Waals surface area (Å²) in [6.45, 7) is -2.78. The Morgan fingerprint density at radius 2 is 1.67 bits per heavy atom. The highest BCUT2D eigenvalue weighted by Gasteiger charge is 2.09. The van der Waals surface area contributed by atoms with E-state index in [1.54, 1.807) is 24.3 Å². The van der Waals surface area contributed by atoms with Gasteiger partial charge in [-0.2, -0.15) is 8.78 Å². The fourth-order valence-electron chi connectivity index (χ4n) is 1.43. The predicted octanol–water partition coefficient (Wildman–Crippen LogP) is 4.05. The summed E-state index contributed by atoms with van der Waals surface area (Å²) in [5, 5.41) is 1.64. The second-order valence-electron chi connectivity index (χ2n) is 2.97. The minimum absolute atomic E-state index is 0.223. The number of fused-ring (bicyclic) bond motifs is 1. The van der Waals surface area contributed by atoms with Crippen molar-refractivity contribution in [2.75, 3.05) is 0 Å². The van der Waals surface area contributed by atoms with Crippen LogP contribution in [0.15, 0.2) is 36.4 Å². The highest BCUT2D eigenvalue weighted by atomic mass is 127. The van der Waals surface area contributed by atoms with E-state index in [0.717, 1.165) is 8.96 Å². The summed E-state index contributed by atoms with van der Waals surface area (Å²) in [6.07, 6.45) is 0. The molecule has 0 aliphatic heterocycles. The van der Waals surface area contributed by atoms with Crippen LogP contribution in [0.1, 0.15) is 0 Å². The van der Waals surface area contributed by atoms with Crippen molar-refractivity contribution >= 4 is 33.4 Å². The van der Waals surface area contributed by atoms with Crippen LogP contribution >= 0.6 is 22.6 Å². The quantitative estimate of drug-likeness (QED) is 0.759. The standard InChI is InChI=1S/C11H7F2IO/c12-11(13)15-10-6-5-9(14)7-3-1-2-4-8(7)10/h1-6,11H. The van der Waals surface area contributed by atoms with Crippen LogP contribution in [-0.4, -0.2) is 6.61 Å². The zero-order chi connectivity index (χ0) is 10.8. The molecule has 0 N–H and O–H groups in total. The number of ether oxygens (including phenoxy) is 1. The van der Waals surface area contributed by atoms with Gasteiger partial charge in [0.25, 0.3) is 0 Å². The van der Waals surface area contributed by atoms with Gasteiger partial charge in [0.05, 0.1) is 0 Å². The summed E-state index contributed by atoms with van der Waals surface area (Å²) in [7, 11) is 0. The minimum atomic E-state index is -2.78. The number of hydrogen-bond acceptors (Lipinski definition) is 1. The molecule has 0 aliphatic rings. The van der Waals surface area contributed by atoms with Gasteiger partial charge in [0.15, 0.2) is 0 Å². The van der Waals surface area contributed by atoms with E-state index in [1.807, 2.05) is 12.1 Å². The van der Waals surface area contributed by atoms with Crippen molar-refractivity contribution < 1.29 is 13.5 Å². The van der Waals surface area contributed by atoms with Crippen LogP contribution in [0.3, 0.4) is 0 Å². The topological polar surface area (TPSA) is 9.23 Å². The zero-order valence-corrected chi connectivity index (χ0v) is 9.74. The molecule has 0 radical (unpaired) electrons. The van der Waals surface area contributed by atoms with E-state index in [-0.39, 0.29) is 5.75 Å². The maximum Gasteiger partial charge on any atom is 0.387 e. The van der Waals surface area contributed by atoms with Crippen molar-refractivity contribution in [2.24, 2.45) is 0 Å². The first-order valence-electron chi connectivity index (χ1n) is 4.30. The summed E-state index contributed by atoms with van der Waals surface area (Å²) in [6, 6.07) is 10.7. The van der Waals surface area contributed by atoms with Crippen LogP contribution in [0.2, 0.25) is 0 Å². The molecule has 0 fully saturated rings. The van der Waals surface area contributed by atoms with Crippen molar-refractivity contribution in [3.05, 3.63) is 40.0 Å². The van der Waals surface area contributed by atoms with Crippen molar-refractivity contribution in [3.8, 4) is 5.75 Å². The molecule has 0 aromatic heterocycles. The molecule has 2 aromatic carbocycles.